The van der Waals surface area contributed by atoms with Gasteiger partial charge in [0.15, 0.2) is 0 Å². The molecule has 0 radical (unpaired) electrons. The quantitative estimate of drug-likeness (QED) is 0.615. The minimum Gasteiger partial charge on any atom is -0.296 e. The zero-order chi connectivity index (χ0) is 8.20. The lowest BCUT2D eigenvalue weighted by molar-refractivity contribution is -0.115. The maximum atomic E-state index is 10.8. The molecule has 0 aliphatic heterocycles. The summed E-state index contributed by atoms with van der Waals surface area (Å²) in [7, 11) is 0. The molecule has 0 unspecified atom stereocenters. The molecule has 0 aliphatic carbocycles. The van der Waals surface area contributed by atoms with Crippen molar-refractivity contribution >= 4 is 16.9 Å². The van der Waals surface area contributed by atoms with Gasteiger partial charge in [0.25, 0.3) is 0 Å². The summed E-state index contributed by atoms with van der Waals surface area (Å²) in [5.41, 5.74) is 0. The molecule has 2 N–H and O–H groups in total. The highest BCUT2D eigenvalue weighted by Gasteiger charge is 2.15. The van der Waals surface area contributed by atoms with E-state index in [1.54, 1.807) is 0 Å². The molecule has 60 valence electrons. The Hall–Kier alpha value is -0.0600. The van der Waals surface area contributed by atoms with Gasteiger partial charge in [-0.05, 0) is 0 Å². The van der Waals surface area contributed by atoms with E-state index >= 15 is 0 Å². The molecule has 0 aromatic rings. The molecule has 0 aliphatic rings. The topological polar surface area (TPSA) is 52.3 Å². The number of rotatable bonds is 2. The minimum absolute atomic E-state index is 0.0120. The van der Waals surface area contributed by atoms with E-state index in [2.05, 4.69) is 4.84 Å². The van der Waals surface area contributed by atoms with Gasteiger partial charge in [-0.2, -0.15) is 0 Å². The van der Waals surface area contributed by atoms with Gasteiger partial charge in [-0.3, -0.25) is 9.63 Å². The molecule has 0 aromatic heterocycles. The number of hydrogen-bond donors (Lipinski definition) is 1. The average molecular weight is 163 g/mol. The monoisotopic (exact) mass is 163 g/mol. The van der Waals surface area contributed by atoms with E-state index in [0.29, 0.717) is 0 Å². The largest absolute Gasteiger partial charge is 0.296 e. The van der Waals surface area contributed by atoms with E-state index in [1.165, 1.54) is 11.8 Å². The van der Waals surface area contributed by atoms with Crippen molar-refractivity contribution in [2.75, 3.05) is 6.61 Å². The van der Waals surface area contributed by atoms with Crippen molar-refractivity contribution in [2.24, 2.45) is 5.90 Å². The first-order valence-corrected chi connectivity index (χ1v) is 3.81. The number of carbonyl (C=O) groups is 1. The van der Waals surface area contributed by atoms with E-state index in [1.807, 2.05) is 20.8 Å². The molecule has 0 amide bonds. The predicted octanol–water partition coefficient (Wildman–Crippen LogP) is 0.935. The number of carbonyl (C=O) groups excluding carboxylic acids is 1. The number of thioether (sulfide) groups is 1. The molecule has 0 rings (SSSR count). The molecule has 0 saturated carbocycles. The van der Waals surface area contributed by atoms with Crippen LogP contribution in [-0.2, 0) is 9.63 Å². The third-order valence-corrected chi connectivity index (χ3v) is 1.58. The summed E-state index contributed by atoms with van der Waals surface area (Å²) in [4.78, 5) is 15.0. The van der Waals surface area contributed by atoms with E-state index in [0.717, 1.165) is 0 Å². The highest BCUT2D eigenvalue weighted by Crippen LogP contribution is 2.23. The van der Waals surface area contributed by atoms with Gasteiger partial charge < -0.3 is 0 Å². The van der Waals surface area contributed by atoms with Gasteiger partial charge in [0.2, 0.25) is 5.12 Å². The van der Waals surface area contributed by atoms with Gasteiger partial charge in [0.1, 0.15) is 6.61 Å². The van der Waals surface area contributed by atoms with Crippen LogP contribution in [0.2, 0.25) is 0 Å². The molecule has 0 atom stereocenters. The number of nitrogens with two attached hydrogens (primary N) is 1. The molecule has 0 bridgehead atoms. The van der Waals surface area contributed by atoms with E-state index in [-0.39, 0.29) is 16.5 Å². The Morgan fingerprint density at radius 1 is 1.60 bits per heavy atom. The Bertz CT molecular complexity index is 119. The van der Waals surface area contributed by atoms with E-state index in [9.17, 15) is 4.79 Å². The molecular formula is C6H13NO2S. The Morgan fingerprint density at radius 2 is 2.10 bits per heavy atom. The van der Waals surface area contributed by atoms with Crippen LogP contribution in [-0.4, -0.2) is 16.5 Å². The van der Waals surface area contributed by atoms with E-state index in [4.69, 9.17) is 5.90 Å². The van der Waals surface area contributed by atoms with Gasteiger partial charge in [-0.15, -0.1) is 0 Å². The van der Waals surface area contributed by atoms with Crippen LogP contribution < -0.4 is 5.90 Å². The first-order valence-electron chi connectivity index (χ1n) is 2.99. The van der Waals surface area contributed by atoms with Crippen LogP contribution in [0.15, 0.2) is 0 Å². The second kappa shape index (κ2) is 3.95. The Morgan fingerprint density at radius 3 is 2.40 bits per heavy atom. The third kappa shape index (κ3) is 6.07. The van der Waals surface area contributed by atoms with Crippen LogP contribution in [0, 0.1) is 0 Å². The second-order valence-corrected chi connectivity index (χ2v) is 4.78. The van der Waals surface area contributed by atoms with Gasteiger partial charge in [0, 0.05) is 4.75 Å². The summed E-state index contributed by atoms with van der Waals surface area (Å²) < 4.78 is -0.0460. The zero-order valence-electron chi connectivity index (χ0n) is 6.51. The van der Waals surface area contributed by atoms with Crippen molar-refractivity contribution in [3.63, 3.8) is 0 Å². The summed E-state index contributed by atoms with van der Waals surface area (Å²) in [5, 5.41) is -0.0324. The van der Waals surface area contributed by atoms with Crippen molar-refractivity contribution in [1.82, 2.24) is 0 Å². The van der Waals surface area contributed by atoms with Crippen LogP contribution in [0.25, 0.3) is 0 Å². The highest BCUT2D eigenvalue weighted by atomic mass is 32.2. The van der Waals surface area contributed by atoms with Crippen LogP contribution >= 0.6 is 11.8 Å². The van der Waals surface area contributed by atoms with Gasteiger partial charge in [-0.25, -0.2) is 5.90 Å². The fourth-order valence-corrected chi connectivity index (χ4v) is 1.25. The third-order valence-electron chi connectivity index (χ3n) is 0.621. The van der Waals surface area contributed by atoms with Crippen LogP contribution in [0.3, 0.4) is 0 Å². The Balaban J connectivity index is 3.58. The van der Waals surface area contributed by atoms with Crippen molar-refractivity contribution < 1.29 is 9.63 Å². The summed E-state index contributed by atoms with van der Waals surface area (Å²) in [5.74, 6) is 4.71. The molecular weight excluding hydrogens is 150 g/mol. The Labute approximate surface area is 65.3 Å². The maximum Gasteiger partial charge on any atom is 0.217 e. The first kappa shape index (κ1) is 9.94. The summed E-state index contributed by atoms with van der Waals surface area (Å²) in [6.45, 7) is 5.88. The van der Waals surface area contributed by atoms with Crippen molar-refractivity contribution in [3.8, 4) is 0 Å². The normalized spacial score (nSPS) is 11.6. The highest BCUT2D eigenvalue weighted by molar-refractivity contribution is 8.14. The number of hydrogen-bond acceptors (Lipinski definition) is 4. The Kier molecular flexibility index (Phi) is 3.93. The van der Waals surface area contributed by atoms with Crippen LogP contribution in [0.1, 0.15) is 20.8 Å². The van der Waals surface area contributed by atoms with Crippen LogP contribution in [0.4, 0.5) is 0 Å². The first-order chi connectivity index (χ1) is 4.45. The molecule has 3 nitrogen and oxygen atoms in total. The van der Waals surface area contributed by atoms with Gasteiger partial charge >= 0.3 is 0 Å². The summed E-state index contributed by atoms with van der Waals surface area (Å²) >= 11 is 1.24. The lowest BCUT2D eigenvalue weighted by atomic mass is 10.3. The molecule has 4 heteroatoms. The van der Waals surface area contributed by atoms with E-state index < -0.39 is 0 Å². The minimum atomic E-state index is -0.0460. The van der Waals surface area contributed by atoms with Gasteiger partial charge in [0.05, 0.1) is 0 Å². The second-order valence-electron chi connectivity index (χ2n) is 2.90. The summed E-state index contributed by atoms with van der Waals surface area (Å²) in [6.07, 6.45) is 0. The maximum absolute atomic E-state index is 10.8. The summed E-state index contributed by atoms with van der Waals surface area (Å²) in [6, 6.07) is 0. The smallest absolute Gasteiger partial charge is 0.217 e. The average Bonchev–Trinajstić information content (AvgIpc) is 1.59. The molecule has 0 fully saturated rings. The molecule has 0 aromatic carbocycles. The fraction of sp³-hybridized carbons (Fsp3) is 0.833. The lowest BCUT2D eigenvalue weighted by Crippen LogP contribution is -2.16. The lowest BCUT2D eigenvalue weighted by Gasteiger charge is -2.14. The molecule has 10 heavy (non-hydrogen) atoms. The van der Waals surface area contributed by atoms with Crippen LogP contribution in [0.5, 0.6) is 0 Å². The van der Waals surface area contributed by atoms with Gasteiger partial charge in [-0.1, -0.05) is 32.5 Å². The SMILES string of the molecule is CC(C)(C)SC(=O)CON. The predicted molar refractivity (Wildman–Crippen MR) is 42.5 cm³/mol. The standard InChI is InChI=1S/C6H13NO2S/c1-6(2,3)10-5(8)4-9-7/h4,7H2,1-3H3. The fourth-order valence-electron chi connectivity index (χ4n) is 0.439. The molecule has 0 heterocycles. The van der Waals surface area contributed by atoms with Crippen molar-refractivity contribution in [1.29, 1.82) is 0 Å². The molecule has 0 saturated heterocycles. The molecule has 0 spiro atoms. The zero-order valence-corrected chi connectivity index (χ0v) is 7.33. The van der Waals surface area contributed by atoms with Crippen molar-refractivity contribution in [3.05, 3.63) is 0 Å². The van der Waals surface area contributed by atoms with Crippen molar-refractivity contribution in [2.45, 2.75) is 25.5 Å².